The van der Waals surface area contributed by atoms with Gasteiger partial charge in [0.05, 0.1) is 10.5 Å². The standard InChI is InChI=1S/C19H21BrClNO2/c1-11-7-13(3)16(8-12(11)2)14(4)22-19(23)10-24-18-6-5-15(21)9-17(18)20/h5-9,14H,10H2,1-4H3,(H,22,23)/t14-/m1/s1. The van der Waals surface area contributed by atoms with Crippen LogP contribution in [0.4, 0.5) is 0 Å². The molecule has 1 atom stereocenters. The molecule has 2 rings (SSSR count). The molecule has 128 valence electrons. The molecule has 0 heterocycles. The Morgan fingerprint density at radius 3 is 2.50 bits per heavy atom. The van der Waals surface area contributed by atoms with E-state index < -0.39 is 0 Å². The highest BCUT2D eigenvalue weighted by Crippen LogP contribution is 2.28. The Hall–Kier alpha value is -1.52. The summed E-state index contributed by atoms with van der Waals surface area (Å²) in [5.41, 5.74) is 4.77. The summed E-state index contributed by atoms with van der Waals surface area (Å²) in [7, 11) is 0. The van der Waals surface area contributed by atoms with Crippen molar-refractivity contribution in [1.82, 2.24) is 5.32 Å². The number of benzene rings is 2. The van der Waals surface area contributed by atoms with E-state index in [2.05, 4.69) is 54.2 Å². The van der Waals surface area contributed by atoms with Gasteiger partial charge in [-0.05, 0) is 84.1 Å². The highest BCUT2D eigenvalue weighted by Gasteiger charge is 2.14. The summed E-state index contributed by atoms with van der Waals surface area (Å²) in [6.07, 6.45) is 0. The fourth-order valence-corrected chi connectivity index (χ4v) is 3.34. The van der Waals surface area contributed by atoms with Gasteiger partial charge in [0.1, 0.15) is 5.75 Å². The molecule has 1 N–H and O–H groups in total. The van der Waals surface area contributed by atoms with Crippen LogP contribution in [0.1, 0.15) is 35.2 Å². The maximum absolute atomic E-state index is 12.2. The maximum Gasteiger partial charge on any atom is 0.258 e. The normalized spacial score (nSPS) is 11.9. The molecule has 5 heteroatoms. The minimum Gasteiger partial charge on any atom is -0.483 e. The number of amides is 1. The molecule has 0 aliphatic rings. The zero-order valence-electron chi connectivity index (χ0n) is 14.2. The number of aryl methyl sites for hydroxylation is 3. The van der Waals surface area contributed by atoms with Gasteiger partial charge < -0.3 is 10.1 Å². The molecule has 0 aliphatic carbocycles. The van der Waals surface area contributed by atoms with Crippen molar-refractivity contribution in [2.75, 3.05) is 6.61 Å². The van der Waals surface area contributed by atoms with E-state index in [-0.39, 0.29) is 18.6 Å². The van der Waals surface area contributed by atoms with E-state index in [1.54, 1.807) is 18.2 Å². The van der Waals surface area contributed by atoms with E-state index in [9.17, 15) is 4.79 Å². The second-order valence-corrected chi connectivity index (χ2v) is 7.24. The fraction of sp³-hybridized carbons (Fsp3) is 0.316. The van der Waals surface area contributed by atoms with Crippen LogP contribution in [-0.4, -0.2) is 12.5 Å². The molecule has 1 amide bonds. The van der Waals surface area contributed by atoms with Crippen molar-refractivity contribution in [2.24, 2.45) is 0 Å². The summed E-state index contributed by atoms with van der Waals surface area (Å²) < 4.78 is 6.27. The van der Waals surface area contributed by atoms with Crippen LogP contribution in [0, 0.1) is 20.8 Å². The third-order valence-electron chi connectivity index (χ3n) is 3.98. The van der Waals surface area contributed by atoms with Crippen LogP contribution in [-0.2, 0) is 4.79 Å². The van der Waals surface area contributed by atoms with Crippen molar-refractivity contribution < 1.29 is 9.53 Å². The maximum atomic E-state index is 12.2. The quantitative estimate of drug-likeness (QED) is 0.728. The third kappa shape index (κ3) is 4.74. The molecule has 0 unspecified atom stereocenters. The summed E-state index contributed by atoms with van der Waals surface area (Å²) in [4.78, 5) is 12.2. The number of carbonyl (C=O) groups excluding carboxylic acids is 1. The molecule has 0 fully saturated rings. The van der Waals surface area contributed by atoms with E-state index in [1.165, 1.54) is 16.7 Å². The zero-order chi connectivity index (χ0) is 17.9. The molecule has 0 radical (unpaired) electrons. The van der Waals surface area contributed by atoms with Crippen LogP contribution < -0.4 is 10.1 Å². The number of ether oxygens (including phenoxy) is 1. The SMILES string of the molecule is Cc1cc(C)c([C@@H](C)NC(=O)COc2ccc(Cl)cc2Br)cc1C. The molecule has 0 aromatic heterocycles. The Labute approximate surface area is 156 Å². The highest BCUT2D eigenvalue weighted by molar-refractivity contribution is 9.10. The topological polar surface area (TPSA) is 38.3 Å². The lowest BCUT2D eigenvalue weighted by atomic mass is 9.96. The Balaban J connectivity index is 1.98. The minimum atomic E-state index is -0.165. The number of rotatable bonds is 5. The van der Waals surface area contributed by atoms with Gasteiger partial charge in [0, 0.05) is 5.02 Å². The number of carbonyl (C=O) groups is 1. The van der Waals surface area contributed by atoms with Crippen molar-refractivity contribution in [3.05, 3.63) is 62.1 Å². The zero-order valence-corrected chi connectivity index (χ0v) is 16.6. The Bertz CT molecular complexity index is 761. The van der Waals surface area contributed by atoms with Gasteiger partial charge in [-0.2, -0.15) is 0 Å². The van der Waals surface area contributed by atoms with Crippen molar-refractivity contribution in [1.29, 1.82) is 0 Å². The van der Waals surface area contributed by atoms with Gasteiger partial charge in [0.2, 0.25) is 0 Å². The number of hydrogen-bond donors (Lipinski definition) is 1. The summed E-state index contributed by atoms with van der Waals surface area (Å²) >= 11 is 9.26. The molecule has 3 nitrogen and oxygen atoms in total. The Morgan fingerprint density at radius 1 is 1.17 bits per heavy atom. The second kappa shape index (κ2) is 8.04. The van der Waals surface area contributed by atoms with E-state index >= 15 is 0 Å². The van der Waals surface area contributed by atoms with E-state index in [0.29, 0.717) is 10.8 Å². The number of halogens is 2. The summed E-state index contributed by atoms with van der Waals surface area (Å²) in [5, 5.41) is 3.59. The van der Waals surface area contributed by atoms with Crippen molar-refractivity contribution in [2.45, 2.75) is 33.7 Å². The molecule has 0 saturated heterocycles. The average molecular weight is 411 g/mol. The van der Waals surface area contributed by atoms with Crippen molar-refractivity contribution in [3.8, 4) is 5.75 Å². The van der Waals surface area contributed by atoms with Crippen LogP contribution in [0.25, 0.3) is 0 Å². The van der Waals surface area contributed by atoms with Gasteiger partial charge >= 0.3 is 0 Å². The van der Waals surface area contributed by atoms with Crippen LogP contribution in [0.2, 0.25) is 5.02 Å². The number of hydrogen-bond acceptors (Lipinski definition) is 2. The van der Waals surface area contributed by atoms with Crippen LogP contribution in [0.5, 0.6) is 5.75 Å². The Morgan fingerprint density at radius 2 is 1.83 bits per heavy atom. The molecule has 2 aromatic rings. The second-order valence-electron chi connectivity index (χ2n) is 5.95. The van der Waals surface area contributed by atoms with E-state index in [0.717, 1.165) is 10.0 Å². The van der Waals surface area contributed by atoms with Crippen LogP contribution >= 0.6 is 27.5 Å². The molecule has 24 heavy (non-hydrogen) atoms. The van der Waals surface area contributed by atoms with Crippen molar-refractivity contribution >= 4 is 33.4 Å². The lowest BCUT2D eigenvalue weighted by Crippen LogP contribution is -2.31. The van der Waals surface area contributed by atoms with Crippen molar-refractivity contribution in [3.63, 3.8) is 0 Å². The van der Waals surface area contributed by atoms with Crippen LogP contribution in [0.15, 0.2) is 34.8 Å². The molecule has 0 spiro atoms. The third-order valence-corrected chi connectivity index (χ3v) is 4.83. The van der Waals surface area contributed by atoms with Gasteiger partial charge in [-0.15, -0.1) is 0 Å². The molecule has 0 aliphatic heterocycles. The smallest absolute Gasteiger partial charge is 0.258 e. The lowest BCUT2D eigenvalue weighted by Gasteiger charge is -2.18. The van der Waals surface area contributed by atoms with Gasteiger partial charge in [0.25, 0.3) is 5.91 Å². The van der Waals surface area contributed by atoms with E-state index in [4.69, 9.17) is 16.3 Å². The first-order valence-electron chi connectivity index (χ1n) is 7.73. The first-order valence-corrected chi connectivity index (χ1v) is 8.90. The monoisotopic (exact) mass is 409 g/mol. The number of nitrogens with one attached hydrogen (secondary N) is 1. The minimum absolute atomic E-state index is 0.0472. The predicted octanol–water partition coefficient (Wildman–Crippen LogP) is 5.28. The average Bonchev–Trinajstić information content (AvgIpc) is 2.50. The van der Waals surface area contributed by atoms with E-state index in [1.807, 2.05) is 6.92 Å². The summed E-state index contributed by atoms with van der Waals surface area (Å²) in [6, 6.07) is 9.39. The highest BCUT2D eigenvalue weighted by atomic mass is 79.9. The largest absolute Gasteiger partial charge is 0.483 e. The first-order chi connectivity index (χ1) is 11.3. The van der Waals surface area contributed by atoms with Gasteiger partial charge in [0.15, 0.2) is 6.61 Å². The Kier molecular flexibility index (Phi) is 6.30. The summed E-state index contributed by atoms with van der Waals surface area (Å²) in [5.74, 6) is 0.423. The molecular weight excluding hydrogens is 390 g/mol. The van der Waals surface area contributed by atoms with Gasteiger partial charge in [-0.25, -0.2) is 0 Å². The predicted molar refractivity (Wildman–Crippen MR) is 102 cm³/mol. The molecular formula is C19H21BrClNO2. The fourth-order valence-electron chi connectivity index (χ4n) is 2.55. The molecule has 0 bridgehead atoms. The van der Waals surface area contributed by atoms with Gasteiger partial charge in [-0.1, -0.05) is 23.7 Å². The lowest BCUT2D eigenvalue weighted by molar-refractivity contribution is -0.123. The molecule has 2 aromatic carbocycles. The summed E-state index contributed by atoms with van der Waals surface area (Å²) in [6.45, 7) is 8.16. The van der Waals surface area contributed by atoms with Gasteiger partial charge in [-0.3, -0.25) is 4.79 Å². The molecule has 0 saturated carbocycles. The van der Waals surface area contributed by atoms with Crippen LogP contribution in [0.3, 0.4) is 0 Å². The first kappa shape index (κ1) is 18.8.